The zero-order valence-corrected chi connectivity index (χ0v) is 10.9. The molecule has 19 heavy (non-hydrogen) atoms. The Morgan fingerprint density at radius 1 is 1.42 bits per heavy atom. The maximum absolute atomic E-state index is 11.7. The number of carbonyl (C=O) groups excluding carboxylic acids is 1. The minimum Gasteiger partial charge on any atom is -0.486 e. The molecule has 102 valence electrons. The topological polar surface area (TPSA) is 59.6 Å². The summed E-state index contributed by atoms with van der Waals surface area (Å²) < 4.78 is 10.9. The molecular weight excluding hydrogens is 244 g/mol. The smallest absolute Gasteiger partial charge is 0.242 e. The largest absolute Gasteiger partial charge is 0.486 e. The van der Waals surface area contributed by atoms with Gasteiger partial charge < -0.3 is 20.1 Å². The molecule has 0 saturated carbocycles. The maximum Gasteiger partial charge on any atom is 0.242 e. The Bertz CT molecular complexity index is 474. The summed E-state index contributed by atoms with van der Waals surface area (Å²) in [6.45, 7) is 6.94. The molecule has 1 heterocycles. The van der Waals surface area contributed by atoms with E-state index in [9.17, 15) is 4.79 Å². The summed E-state index contributed by atoms with van der Waals surface area (Å²) in [7, 11) is 0. The van der Waals surface area contributed by atoms with Crippen molar-refractivity contribution in [2.45, 2.75) is 13.0 Å². The Kier molecular flexibility index (Phi) is 4.28. The van der Waals surface area contributed by atoms with E-state index >= 15 is 0 Å². The van der Waals surface area contributed by atoms with Crippen molar-refractivity contribution in [1.82, 2.24) is 5.32 Å². The van der Waals surface area contributed by atoms with Gasteiger partial charge in [-0.2, -0.15) is 0 Å². The van der Waals surface area contributed by atoms with Crippen LogP contribution in [0.1, 0.15) is 6.92 Å². The number of hydrogen-bond donors (Lipinski definition) is 2. The molecule has 1 aromatic carbocycles. The van der Waals surface area contributed by atoms with Crippen molar-refractivity contribution < 1.29 is 14.3 Å². The number of anilines is 1. The Hall–Kier alpha value is -2.17. The molecule has 0 bridgehead atoms. The van der Waals surface area contributed by atoms with Gasteiger partial charge in [0.05, 0.1) is 0 Å². The molecule has 0 fully saturated rings. The molecule has 1 aliphatic rings. The highest BCUT2D eigenvalue weighted by atomic mass is 16.6. The van der Waals surface area contributed by atoms with E-state index in [1.807, 2.05) is 18.2 Å². The molecule has 0 aliphatic carbocycles. The fourth-order valence-electron chi connectivity index (χ4n) is 1.77. The van der Waals surface area contributed by atoms with Crippen molar-refractivity contribution in [2.75, 3.05) is 25.1 Å². The molecule has 0 saturated heterocycles. The molecular formula is C14H18N2O3. The van der Waals surface area contributed by atoms with E-state index in [2.05, 4.69) is 17.2 Å². The predicted octanol–water partition coefficient (Wildman–Crippen LogP) is 1.56. The lowest BCUT2D eigenvalue weighted by Crippen LogP contribution is -2.37. The minimum absolute atomic E-state index is 0.0743. The van der Waals surface area contributed by atoms with Gasteiger partial charge in [0.25, 0.3) is 0 Å². The van der Waals surface area contributed by atoms with Crippen LogP contribution in [0.3, 0.4) is 0 Å². The van der Waals surface area contributed by atoms with E-state index in [4.69, 9.17) is 9.47 Å². The van der Waals surface area contributed by atoms with Crippen LogP contribution in [0.4, 0.5) is 5.69 Å². The van der Waals surface area contributed by atoms with Crippen LogP contribution in [-0.4, -0.2) is 31.7 Å². The van der Waals surface area contributed by atoms with Gasteiger partial charge >= 0.3 is 0 Å². The Morgan fingerprint density at radius 3 is 2.89 bits per heavy atom. The maximum atomic E-state index is 11.7. The zero-order valence-electron chi connectivity index (χ0n) is 10.9. The second-order valence-electron chi connectivity index (χ2n) is 4.26. The number of hydrogen-bond acceptors (Lipinski definition) is 4. The van der Waals surface area contributed by atoms with Gasteiger partial charge in [-0.05, 0) is 19.1 Å². The average Bonchev–Trinajstić information content (AvgIpc) is 2.44. The van der Waals surface area contributed by atoms with Gasteiger partial charge in [-0.25, -0.2) is 0 Å². The van der Waals surface area contributed by atoms with E-state index < -0.39 is 0 Å². The van der Waals surface area contributed by atoms with Gasteiger partial charge in [0.2, 0.25) is 5.91 Å². The molecule has 2 rings (SSSR count). The van der Waals surface area contributed by atoms with Crippen LogP contribution in [0, 0.1) is 0 Å². The molecule has 0 aromatic heterocycles. The van der Waals surface area contributed by atoms with Crippen LogP contribution in [0.5, 0.6) is 11.5 Å². The zero-order chi connectivity index (χ0) is 13.7. The van der Waals surface area contributed by atoms with Gasteiger partial charge in [-0.3, -0.25) is 4.79 Å². The van der Waals surface area contributed by atoms with Crippen LogP contribution in [0.15, 0.2) is 30.9 Å². The Labute approximate surface area is 112 Å². The van der Waals surface area contributed by atoms with E-state index in [-0.39, 0.29) is 11.9 Å². The van der Waals surface area contributed by atoms with Crippen molar-refractivity contribution in [1.29, 1.82) is 0 Å². The number of nitrogens with one attached hydrogen (secondary N) is 2. The quantitative estimate of drug-likeness (QED) is 0.791. The molecule has 0 radical (unpaired) electrons. The van der Waals surface area contributed by atoms with Crippen LogP contribution < -0.4 is 20.1 Å². The first-order valence-electron chi connectivity index (χ1n) is 6.25. The van der Waals surface area contributed by atoms with E-state index in [0.717, 1.165) is 11.4 Å². The fourth-order valence-corrected chi connectivity index (χ4v) is 1.77. The highest BCUT2D eigenvalue weighted by Gasteiger charge is 2.15. The van der Waals surface area contributed by atoms with E-state index in [0.29, 0.717) is 25.5 Å². The molecule has 1 unspecified atom stereocenters. The van der Waals surface area contributed by atoms with Gasteiger partial charge in [-0.15, -0.1) is 6.58 Å². The number of fused-ring (bicyclic) bond motifs is 1. The van der Waals surface area contributed by atoms with Gasteiger partial charge in [0.1, 0.15) is 19.3 Å². The first kappa shape index (κ1) is 13.3. The predicted molar refractivity (Wildman–Crippen MR) is 73.7 cm³/mol. The van der Waals surface area contributed by atoms with Crippen molar-refractivity contribution in [2.24, 2.45) is 0 Å². The minimum atomic E-state index is -0.331. The molecule has 5 nitrogen and oxygen atoms in total. The first-order chi connectivity index (χ1) is 9.20. The van der Waals surface area contributed by atoms with Gasteiger partial charge in [-0.1, -0.05) is 6.08 Å². The summed E-state index contributed by atoms with van der Waals surface area (Å²) in [5, 5.41) is 5.86. The van der Waals surface area contributed by atoms with Crippen LogP contribution in [0.25, 0.3) is 0 Å². The summed E-state index contributed by atoms with van der Waals surface area (Å²) in [6, 6.07) is 5.21. The monoisotopic (exact) mass is 262 g/mol. The number of amides is 1. The molecule has 0 spiro atoms. The number of rotatable bonds is 5. The second-order valence-corrected chi connectivity index (χ2v) is 4.26. The van der Waals surface area contributed by atoms with Gasteiger partial charge in [0.15, 0.2) is 11.5 Å². The summed E-state index contributed by atoms with van der Waals surface area (Å²) in [4.78, 5) is 11.7. The lowest BCUT2D eigenvalue weighted by molar-refractivity contribution is -0.121. The van der Waals surface area contributed by atoms with E-state index in [1.54, 1.807) is 13.0 Å². The van der Waals surface area contributed by atoms with Crippen molar-refractivity contribution in [3.8, 4) is 11.5 Å². The molecule has 2 N–H and O–H groups in total. The van der Waals surface area contributed by atoms with Crippen LogP contribution >= 0.6 is 0 Å². The van der Waals surface area contributed by atoms with Crippen LogP contribution in [0.2, 0.25) is 0 Å². The molecule has 1 aliphatic heterocycles. The fraction of sp³-hybridized carbons (Fsp3) is 0.357. The Morgan fingerprint density at radius 2 is 2.16 bits per heavy atom. The highest BCUT2D eigenvalue weighted by Crippen LogP contribution is 2.32. The molecule has 1 atom stereocenters. The SMILES string of the molecule is C=CCNC(=O)C(C)Nc1ccc2c(c1)OCCO2. The third-order valence-electron chi connectivity index (χ3n) is 2.74. The van der Waals surface area contributed by atoms with Crippen molar-refractivity contribution >= 4 is 11.6 Å². The normalized spacial score (nSPS) is 14.4. The van der Waals surface area contributed by atoms with Gasteiger partial charge in [0, 0.05) is 18.3 Å². The van der Waals surface area contributed by atoms with Crippen molar-refractivity contribution in [3.63, 3.8) is 0 Å². The van der Waals surface area contributed by atoms with Crippen LogP contribution in [-0.2, 0) is 4.79 Å². The third kappa shape index (κ3) is 3.40. The molecule has 5 heteroatoms. The van der Waals surface area contributed by atoms with Crippen molar-refractivity contribution in [3.05, 3.63) is 30.9 Å². The second kappa shape index (κ2) is 6.13. The summed E-state index contributed by atoms with van der Waals surface area (Å²) >= 11 is 0. The molecule has 1 aromatic rings. The number of ether oxygens (including phenoxy) is 2. The number of benzene rings is 1. The summed E-state index contributed by atoms with van der Waals surface area (Å²) in [5.41, 5.74) is 0.825. The molecule has 1 amide bonds. The lowest BCUT2D eigenvalue weighted by atomic mass is 10.2. The highest BCUT2D eigenvalue weighted by molar-refractivity contribution is 5.84. The third-order valence-corrected chi connectivity index (χ3v) is 2.74. The number of carbonyl (C=O) groups is 1. The lowest BCUT2D eigenvalue weighted by Gasteiger charge is -2.20. The summed E-state index contributed by atoms with van der Waals surface area (Å²) in [6.07, 6.45) is 1.65. The van der Waals surface area contributed by atoms with E-state index in [1.165, 1.54) is 0 Å². The first-order valence-corrected chi connectivity index (χ1v) is 6.25. The summed E-state index contributed by atoms with van der Waals surface area (Å²) in [5.74, 6) is 1.37. The average molecular weight is 262 g/mol. The Balaban J connectivity index is 1.98. The standard InChI is InChI=1S/C14H18N2O3/c1-3-6-15-14(17)10(2)16-11-4-5-12-13(9-11)19-8-7-18-12/h3-5,9-10,16H,1,6-8H2,2H3,(H,15,17).